The predicted octanol–water partition coefficient (Wildman–Crippen LogP) is 2.93. The summed E-state index contributed by atoms with van der Waals surface area (Å²) in [4.78, 5) is 2.54. The van der Waals surface area contributed by atoms with Gasteiger partial charge < -0.3 is 14.6 Å². The largest absolute Gasteiger partial charge is 0.504 e. The summed E-state index contributed by atoms with van der Waals surface area (Å²) >= 11 is 0. The Balaban J connectivity index is 1.71. The van der Waals surface area contributed by atoms with Crippen molar-refractivity contribution in [1.82, 2.24) is 4.90 Å². The van der Waals surface area contributed by atoms with Crippen LogP contribution in [0.25, 0.3) is 0 Å². The van der Waals surface area contributed by atoms with E-state index in [1.807, 2.05) is 19.1 Å². The van der Waals surface area contributed by atoms with Crippen molar-refractivity contribution < 1.29 is 14.6 Å². The van der Waals surface area contributed by atoms with E-state index < -0.39 is 0 Å². The van der Waals surface area contributed by atoms with E-state index >= 15 is 0 Å². The number of ether oxygens (including phenoxy) is 2. The summed E-state index contributed by atoms with van der Waals surface area (Å²) in [5, 5.41) is 9.80. The molecule has 116 valence electrons. The molecule has 2 unspecified atom stereocenters. The lowest BCUT2D eigenvalue weighted by atomic mass is 9.90. The molecule has 1 saturated heterocycles. The summed E-state index contributed by atoms with van der Waals surface area (Å²) in [5.74, 6) is 0.807. The van der Waals surface area contributed by atoms with Crippen LogP contribution in [0.3, 0.4) is 0 Å². The van der Waals surface area contributed by atoms with Gasteiger partial charge in [-0.2, -0.15) is 0 Å². The standard InChI is InChI=1S/C17H25NO3/c1-2-20-17-11-13(7-8-15(17)19)12-18-9-10-21-16-6-4-3-5-14(16)18/h7-8,11,14,16,19H,2-6,9-10,12H2,1H3. The first-order chi connectivity index (χ1) is 10.3. The second-order valence-electron chi connectivity index (χ2n) is 5.97. The molecule has 4 heteroatoms. The molecule has 0 spiro atoms. The fourth-order valence-corrected chi connectivity index (χ4v) is 3.54. The normalized spacial score (nSPS) is 26.3. The maximum atomic E-state index is 9.80. The quantitative estimate of drug-likeness (QED) is 0.926. The highest BCUT2D eigenvalue weighted by Gasteiger charge is 2.33. The lowest BCUT2D eigenvalue weighted by Crippen LogP contribution is -2.52. The number of hydrogen-bond donors (Lipinski definition) is 1. The van der Waals surface area contributed by atoms with E-state index in [4.69, 9.17) is 9.47 Å². The van der Waals surface area contributed by atoms with Crippen molar-refractivity contribution in [2.45, 2.75) is 51.3 Å². The lowest BCUT2D eigenvalue weighted by Gasteiger charge is -2.43. The number of benzene rings is 1. The maximum absolute atomic E-state index is 9.80. The van der Waals surface area contributed by atoms with Crippen LogP contribution in [0.5, 0.6) is 11.5 Å². The van der Waals surface area contributed by atoms with Crippen LogP contribution in [0.2, 0.25) is 0 Å². The van der Waals surface area contributed by atoms with Crippen LogP contribution in [-0.4, -0.2) is 41.9 Å². The summed E-state index contributed by atoms with van der Waals surface area (Å²) in [7, 11) is 0. The van der Waals surface area contributed by atoms with Gasteiger partial charge in [-0.3, -0.25) is 4.90 Å². The molecule has 4 nitrogen and oxygen atoms in total. The van der Waals surface area contributed by atoms with E-state index in [1.165, 1.54) is 31.2 Å². The van der Waals surface area contributed by atoms with Gasteiger partial charge in [-0.1, -0.05) is 18.9 Å². The minimum Gasteiger partial charge on any atom is -0.504 e. The van der Waals surface area contributed by atoms with Crippen molar-refractivity contribution in [3.8, 4) is 11.5 Å². The smallest absolute Gasteiger partial charge is 0.161 e. The van der Waals surface area contributed by atoms with Crippen LogP contribution in [-0.2, 0) is 11.3 Å². The number of rotatable bonds is 4. The lowest BCUT2D eigenvalue weighted by molar-refractivity contribution is -0.0911. The first-order valence-corrected chi connectivity index (χ1v) is 8.08. The number of hydrogen-bond acceptors (Lipinski definition) is 4. The Labute approximate surface area is 126 Å². The van der Waals surface area contributed by atoms with Gasteiger partial charge in [-0.15, -0.1) is 0 Å². The highest BCUT2D eigenvalue weighted by molar-refractivity contribution is 5.41. The molecule has 1 N–H and O–H groups in total. The molecule has 0 radical (unpaired) electrons. The van der Waals surface area contributed by atoms with Crippen LogP contribution < -0.4 is 4.74 Å². The van der Waals surface area contributed by atoms with Gasteiger partial charge in [0.2, 0.25) is 0 Å². The van der Waals surface area contributed by atoms with Gasteiger partial charge in [-0.05, 0) is 37.5 Å². The summed E-state index contributed by atoms with van der Waals surface area (Å²) < 4.78 is 11.4. The number of phenols is 1. The molecule has 0 amide bonds. The van der Waals surface area contributed by atoms with Crippen LogP contribution in [0.15, 0.2) is 18.2 Å². The molecule has 0 bridgehead atoms. The first kappa shape index (κ1) is 14.7. The summed E-state index contributed by atoms with van der Waals surface area (Å²) in [6, 6.07) is 6.24. The minimum absolute atomic E-state index is 0.220. The monoisotopic (exact) mass is 291 g/mol. The maximum Gasteiger partial charge on any atom is 0.161 e. The molecule has 2 aliphatic rings. The predicted molar refractivity (Wildman–Crippen MR) is 81.7 cm³/mol. The second-order valence-corrected chi connectivity index (χ2v) is 5.97. The number of nitrogens with zero attached hydrogens (tertiary/aromatic N) is 1. The van der Waals surface area contributed by atoms with Gasteiger partial charge in [0.05, 0.1) is 19.3 Å². The van der Waals surface area contributed by atoms with E-state index in [0.29, 0.717) is 24.5 Å². The third-order valence-electron chi connectivity index (χ3n) is 4.56. The van der Waals surface area contributed by atoms with Crippen LogP contribution in [0, 0.1) is 0 Å². The van der Waals surface area contributed by atoms with Gasteiger partial charge in [0.25, 0.3) is 0 Å². The molecule has 1 heterocycles. The Kier molecular flexibility index (Phi) is 4.66. The zero-order chi connectivity index (χ0) is 14.7. The molecular formula is C17H25NO3. The summed E-state index contributed by atoms with van der Waals surface area (Å²) in [6.07, 6.45) is 5.45. The molecule has 2 atom stereocenters. The van der Waals surface area contributed by atoms with Crippen molar-refractivity contribution in [2.24, 2.45) is 0 Å². The van der Waals surface area contributed by atoms with Crippen LogP contribution in [0.1, 0.15) is 38.2 Å². The van der Waals surface area contributed by atoms with Crippen molar-refractivity contribution in [3.05, 3.63) is 23.8 Å². The minimum atomic E-state index is 0.220. The van der Waals surface area contributed by atoms with E-state index in [2.05, 4.69) is 4.90 Å². The van der Waals surface area contributed by atoms with Gasteiger partial charge in [0.15, 0.2) is 11.5 Å². The second kappa shape index (κ2) is 6.67. The Bertz CT molecular complexity index is 475. The number of morpholine rings is 1. The van der Waals surface area contributed by atoms with E-state index in [-0.39, 0.29) is 5.75 Å². The van der Waals surface area contributed by atoms with E-state index in [1.54, 1.807) is 6.07 Å². The molecule has 0 aromatic heterocycles. The number of aromatic hydroxyl groups is 1. The number of phenolic OH excluding ortho intramolecular Hbond substituents is 1. The highest BCUT2D eigenvalue weighted by Crippen LogP contribution is 2.31. The molecule has 1 aromatic carbocycles. The molecule has 1 saturated carbocycles. The average Bonchev–Trinajstić information content (AvgIpc) is 2.51. The van der Waals surface area contributed by atoms with Crippen molar-refractivity contribution >= 4 is 0 Å². The van der Waals surface area contributed by atoms with Gasteiger partial charge in [0, 0.05) is 19.1 Å². The fraction of sp³-hybridized carbons (Fsp3) is 0.647. The average molecular weight is 291 g/mol. The third-order valence-corrected chi connectivity index (χ3v) is 4.56. The van der Waals surface area contributed by atoms with Crippen LogP contribution in [0.4, 0.5) is 0 Å². The van der Waals surface area contributed by atoms with E-state index in [9.17, 15) is 5.11 Å². The highest BCUT2D eigenvalue weighted by atomic mass is 16.5. The first-order valence-electron chi connectivity index (χ1n) is 8.08. The molecule has 1 aromatic rings. The molecule has 3 rings (SSSR count). The van der Waals surface area contributed by atoms with Gasteiger partial charge >= 0.3 is 0 Å². The summed E-state index contributed by atoms with van der Waals surface area (Å²) in [6.45, 7) is 5.23. The van der Waals surface area contributed by atoms with Gasteiger partial charge in [-0.25, -0.2) is 0 Å². The third kappa shape index (κ3) is 3.33. The zero-order valence-electron chi connectivity index (χ0n) is 12.8. The Morgan fingerprint density at radius 1 is 1.33 bits per heavy atom. The molecule has 2 fully saturated rings. The SMILES string of the molecule is CCOc1cc(CN2CCOC3CCCCC32)ccc1O. The number of fused-ring (bicyclic) bond motifs is 1. The molecule has 21 heavy (non-hydrogen) atoms. The van der Waals surface area contributed by atoms with Crippen molar-refractivity contribution in [2.75, 3.05) is 19.8 Å². The fourth-order valence-electron chi connectivity index (χ4n) is 3.54. The topological polar surface area (TPSA) is 41.9 Å². The van der Waals surface area contributed by atoms with Crippen molar-refractivity contribution in [1.29, 1.82) is 0 Å². The Morgan fingerprint density at radius 3 is 3.05 bits per heavy atom. The van der Waals surface area contributed by atoms with Gasteiger partial charge in [0.1, 0.15) is 0 Å². The van der Waals surface area contributed by atoms with Crippen molar-refractivity contribution in [3.63, 3.8) is 0 Å². The zero-order valence-corrected chi connectivity index (χ0v) is 12.8. The Morgan fingerprint density at radius 2 is 2.19 bits per heavy atom. The van der Waals surface area contributed by atoms with E-state index in [0.717, 1.165) is 19.7 Å². The molecule has 1 aliphatic heterocycles. The molecular weight excluding hydrogens is 266 g/mol. The summed E-state index contributed by atoms with van der Waals surface area (Å²) in [5.41, 5.74) is 1.20. The van der Waals surface area contributed by atoms with Crippen LogP contribution >= 0.6 is 0 Å². The Hall–Kier alpha value is -1.26. The molecule has 1 aliphatic carbocycles.